The topological polar surface area (TPSA) is 67.8 Å². The van der Waals surface area contributed by atoms with Crippen LogP contribution >= 0.6 is 0 Å². The molecule has 6 nitrogen and oxygen atoms in total. The second-order valence-electron chi connectivity index (χ2n) is 6.86. The highest BCUT2D eigenvalue weighted by Crippen LogP contribution is 2.26. The van der Waals surface area contributed by atoms with Crippen LogP contribution in [-0.4, -0.2) is 61.4 Å². The first-order valence-electron chi connectivity index (χ1n) is 8.70. The average molecular weight is 334 g/mol. The first-order chi connectivity index (χ1) is 11.5. The summed E-state index contributed by atoms with van der Waals surface area (Å²) in [6.07, 6.45) is 1.63. The van der Waals surface area contributed by atoms with Gasteiger partial charge in [-0.25, -0.2) is 4.79 Å². The van der Waals surface area contributed by atoms with Gasteiger partial charge in [0.1, 0.15) is 0 Å². The van der Waals surface area contributed by atoms with Crippen molar-refractivity contribution in [1.82, 2.24) is 10.2 Å². The van der Waals surface area contributed by atoms with Crippen LogP contribution in [0.4, 0.5) is 16.2 Å². The van der Waals surface area contributed by atoms with Gasteiger partial charge in [-0.3, -0.25) is 0 Å². The first-order valence-corrected chi connectivity index (χ1v) is 8.70. The third-order valence-electron chi connectivity index (χ3n) is 4.56. The third-order valence-corrected chi connectivity index (χ3v) is 4.56. The van der Waals surface area contributed by atoms with E-state index in [9.17, 15) is 9.90 Å². The number of hydrogen-bond acceptors (Lipinski definition) is 4. The molecule has 0 radical (unpaired) electrons. The van der Waals surface area contributed by atoms with Crippen molar-refractivity contribution in [2.24, 2.45) is 0 Å². The smallest absolute Gasteiger partial charge is 0.319 e. The number of amides is 2. The van der Waals surface area contributed by atoms with Crippen LogP contribution in [0.15, 0.2) is 24.3 Å². The van der Waals surface area contributed by atoms with Crippen LogP contribution in [0.25, 0.3) is 0 Å². The number of likely N-dealkylation sites (N-methyl/N-ethyl adjacent to an activating group) is 1. The minimum atomic E-state index is -0.596. The Morgan fingerprint density at radius 1 is 1.25 bits per heavy atom. The lowest BCUT2D eigenvalue weighted by Crippen LogP contribution is -2.50. The van der Waals surface area contributed by atoms with Crippen molar-refractivity contribution < 1.29 is 9.90 Å². The number of urea groups is 1. The number of piperazine rings is 1. The fourth-order valence-corrected chi connectivity index (χ4v) is 3.06. The van der Waals surface area contributed by atoms with E-state index in [0.29, 0.717) is 0 Å². The number of anilines is 2. The number of aliphatic hydroxyl groups excluding tert-OH is 1. The van der Waals surface area contributed by atoms with Crippen LogP contribution in [0.2, 0.25) is 0 Å². The van der Waals surface area contributed by atoms with Gasteiger partial charge in [0, 0.05) is 26.2 Å². The molecule has 0 bridgehead atoms. The molecular weight excluding hydrogens is 304 g/mol. The summed E-state index contributed by atoms with van der Waals surface area (Å²) < 4.78 is 0. The molecule has 1 aromatic rings. The molecule has 6 heteroatoms. The maximum atomic E-state index is 12.4. The Hall–Kier alpha value is -1.79. The quantitative estimate of drug-likeness (QED) is 0.745. The number of benzene rings is 1. The Morgan fingerprint density at radius 3 is 2.54 bits per heavy atom. The van der Waals surface area contributed by atoms with Gasteiger partial charge in [0.05, 0.1) is 23.5 Å². The molecule has 134 valence electrons. The van der Waals surface area contributed by atoms with Gasteiger partial charge < -0.3 is 25.5 Å². The minimum absolute atomic E-state index is 0.0750. The maximum absolute atomic E-state index is 12.4. The van der Waals surface area contributed by atoms with E-state index in [-0.39, 0.29) is 12.6 Å². The van der Waals surface area contributed by atoms with E-state index in [0.717, 1.165) is 50.4 Å². The molecule has 1 saturated heterocycles. The van der Waals surface area contributed by atoms with Crippen molar-refractivity contribution in [2.75, 3.05) is 50.1 Å². The molecule has 1 fully saturated rings. The lowest BCUT2D eigenvalue weighted by atomic mass is 9.98. The van der Waals surface area contributed by atoms with Gasteiger partial charge in [0.25, 0.3) is 0 Å². The monoisotopic (exact) mass is 334 g/mol. The number of hydrogen-bond donors (Lipinski definition) is 3. The third kappa shape index (κ3) is 4.85. The number of aliphatic hydroxyl groups is 1. The summed E-state index contributed by atoms with van der Waals surface area (Å²) in [7, 11) is 2.12. The molecule has 0 aromatic heterocycles. The normalized spacial score (nSPS) is 18.1. The van der Waals surface area contributed by atoms with E-state index >= 15 is 0 Å². The molecule has 0 aliphatic carbocycles. The van der Waals surface area contributed by atoms with Crippen LogP contribution in [0, 0.1) is 0 Å². The largest absolute Gasteiger partial charge is 0.394 e. The molecule has 1 atom stereocenters. The van der Waals surface area contributed by atoms with E-state index < -0.39 is 5.54 Å². The van der Waals surface area contributed by atoms with Gasteiger partial charge in [0.15, 0.2) is 0 Å². The SMILES string of the molecule is CCCC(C)(CO)NC(=O)Nc1ccccc1N1CCN(C)CC1. The number of nitrogens with zero attached hydrogens (tertiary/aromatic N) is 2. The fourth-order valence-electron chi connectivity index (χ4n) is 3.06. The number of rotatable bonds is 6. The molecule has 1 aliphatic heterocycles. The Balaban J connectivity index is 2.05. The van der Waals surface area contributed by atoms with Crippen LogP contribution in [0.3, 0.4) is 0 Å². The van der Waals surface area contributed by atoms with Crippen molar-refractivity contribution in [2.45, 2.75) is 32.2 Å². The minimum Gasteiger partial charge on any atom is -0.394 e. The average Bonchev–Trinajstić information content (AvgIpc) is 2.56. The van der Waals surface area contributed by atoms with E-state index in [4.69, 9.17) is 0 Å². The summed E-state index contributed by atoms with van der Waals surface area (Å²) >= 11 is 0. The molecule has 2 amide bonds. The lowest BCUT2D eigenvalue weighted by Gasteiger charge is -2.35. The summed E-state index contributed by atoms with van der Waals surface area (Å²) in [5.41, 5.74) is 1.25. The molecular formula is C18H30N4O2. The van der Waals surface area contributed by atoms with E-state index in [1.54, 1.807) is 0 Å². The van der Waals surface area contributed by atoms with E-state index in [2.05, 4.69) is 27.5 Å². The van der Waals surface area contributed by atoms with Crippen molar-refractivity contribution in [1.29, 1.82) is 0 Å². The van der Waals surface area contributed by atoms with Crippen LogP contribution in [0.1, 0.15) is 26.7 Å². The summed E-state index contributed by atoms with van der Waals surface area (Å²) in [4.78, 5) is 17.0. The molecule has 1 aliphatic rings. The van der Waals surface area contributed by atoms with Gasteiger partial charge in [-0.05, 0) is 32.5 Å². The predicted molar refractivity (Wildman–Crippen MR) is 98.7 cm³/mol. The summed E-state index contributed by atoms with van der Waals surface area (Å²) in [6.45, 7) is 7.74. The molecule has 1 aromatic carbocycles. The molecule has 0 saturated carbocycles. The standard InChI is InChI=1S/C18H30N4O2/c1-4-9-18(2,14-23)20-17(24)19-15-7-5-6-8-16(15)22-12-10-21(3)11-13-22/h5-8,23H,4,9-14H2,1-3H3,(H2,19,20,24). The van der Waals surface area contributed by atoms with Crippen molar-refractivity contribution in [3.63, 3.8) is 0 Å². The van der Waals surface area contributed by atoms with Gasteiger partial charge in [-0.1, -0.05) is 25.5 Å². The van der Waals surface area contributed by atoms with Gasteiger partial charge in [0.2, 0.25) is 0 Å². The van der Waals surface area contributed by atoms with Gasteiger partial charge in [-0.15, -0.1) is 0 Å². The number of nitrogens with one attached hydrogen (secondary N) is 2. The van der Waals surface area contributed by atoms with Gasteiger partial charge in [-0.2, -0.15) is 0 Å². The Morgan fingerprint density at radius 2 is 1.92 bits per heavy atom. The van der Waals surface area contributed by atoms with Crippen LogP contribution in [-0.2, 0) is 0 Å². The van der Waals surface area contributed by atoms with E-state index in [1.165, 1.54) is 0 Å². The second kappa shape index (κ2) is 8.35. The van der Waals surface area contributed by atoms with Crippen molar-refractivity contribution in [3.05, 3.63) is 24.3 Å². The Kier molecular flexibility index (Phi) is 6.45. The van der Waals surface area contributed by atoms with Gasteiger partial charge >= 0.3 is 6.03 Å². The Labute approximate surface area is 144 Å². The number of carbonyl (C=O) groups excluding carboxylic acids is 1. The molecule has 1 unspecified atom stereocenters. The highest BCUT2D eigenvalue weighted by Gasteiger charge is 2.25. The Bertz CT molecular complexity index is 544. The zero-order chi connectivity index (χ0) is 17.6. The van der Waals surface area contributed by atoms with E-state index in [1.807, 2.05) is 38.1 Å². The maximum Gasteiger partial charge on any atom is 0.319 e. The van der Waals surface area contributed by atoms with Crippen molar-refractivity contribution >= 4 is 17.4 Å². The van der Waals surface area contributed by atoms with Crippen LogP contribution < -0.4 is 15.5 Å². The zero-order valence-corrected chi connectivity index (χ0v) is 15.0. The molecule has 3 N–H and O–H groups in total. The predicted octanol–water partition coefficient (Wildman–Crippen LogP) is 2.11. The lowest BCUT2D eigenvalue weighted by molar-refractivity contribution is 0.167. The van der Waals surface area contributed by atoms with Crippen molar-refractivity contribution in [3.8, 4) is 0 Å². The highest BCUT2D eigenvalue weighted by atomic mass is 16.3. The molecule has 0 spiro atoms. The first kappa shape index (κ1) is 18.5. The highest BCUT2D eigenvalue weighted by molar-refractivity contribution is 5.93. The summed E-state index contributed by atoms with van der Waals surface area (Å²) in [5.74, 6) is 0. The summed E-state index contributed by atoms with van der Waals surface area (Å²) in [6, 6.07) is 7.60. The fraction of sp³-hybridized carbons (Fsp3) is 0.611. The second-order valence-corrected chi connectivity index (χ2v) is 6.86. The molecule has 1 heterocycles. The molecule has 2 rings (SSSR count). The van der Waals surface area contributed by atoms with Crippen LogP contribution in [0.5, 0.6) is 0 Å². The molecule has 24 heavy (non-hydrogen) atoms. The zero-order valence-electron chi connectivity index (χ0n) is 15.0. The number of carbonyl (C=O) groups is 1. The number of para-hydroxylation sites is 2. The summed E-state index contributed by atoms with van der Waals surface area (Å²) in [5, 5.41) is 15.4.